The molecule has 1 aliphatic rings. The molecule has 25 heavy (non-hydrogen) atoms. The molecule has 0 bridgehead atoms. The van der Waals surface area contributed by atoms with Crippen molar-refractivity contribution in [3.8, 4) is 11.4 Å². The number of hydrogen-bond acceptors (Lipinski definition) is 5. The molecule has 0 saturated carbocycles. The first-order valence-corrected chi connectivity index (χ1v) is 8.60. The van der Waals surface area contributed by atoms with Crippen molar-refractivity contribution in [2.75, 3.05) is 18.0 Å². The van der Waals surface area contributed by atoms with Gasteiger partial charge < -0.3 is 10.6 Å². The number of aromatic amines is 1. The average Bonchev–Trinajstić information content (AvgIpc) is 3.06. The zero-order valence-corrected chi connectivity index (χ0v) is 14.1. The Morgan fingerprint density at radius 1 is 1.40 bits per heavy atom. The highest BCUT2D eigenvalue weighted by Gasteiger charge is 2.24. The van der Waals surface area contributed by atoms with E-state index in [1.165, 1.54) is 6.07 Å². The van der Waals surface area contributed by atoms with Crippen molar-refractivity contribution < 1.29 is 8.67 Å². The van der Waals surface area contributed by atoms with Crippen molar-refractivity contribution in [3.63, 3.8) is 0 Å². The quantitative estimate of drug-likeness (QED) is 0.759. The molecule has 0 radical (unpaired) electrons. The van der Waals surface area contributed by atoms with Crippen LogP contribution in [0.15, 0.2) is 30.5 Å². The van der Waals surface area contributed by atoms with Gasteiger partial charge in [0, 0.05) is 35.0 Å². The molecule has 6 nitrogen and oxygen atoms in total. The highest BCUT2D eigenvalue weighted by molar-refractivity contribution is 5.89. The normalized spacial score (nSPS) is 19.3. The fourth-order valence-corrected chi connectivity index (χ4v) is 3.46. The molecule has 1 unspecified atom stereocenters. The van der Waals surface area contributed by atoms with Gasteiger partial charge in [-0.15, -0.1) is 0 Å². The van der Waals surface area contributed by atoms with Crippen LogP contribution >= 0.6 is 0 Å². The second-order valence-electron chi connectivity index (χ2n) is 6.68. The molecule has 136 valence electrons. The van der Waals surface area contributed by atoms with E-state index in [2.05, 4.69) is 25.1 Å². The van der Waals surface area contributed by atoms with Crippen LogP contribution in [0.3, 0.4) is 0 Å². The Bertz CT molecular complexity index is 904. The van der Waals surface area contributed by atoms with E-state index in [4.69, 9.17) is 5.73 Å². The van der Waals surface area contributed by atoms with Gasteiger partial charge >= 0.3 is 0 Å². The summed E-state index contributed by atoms with van der Waals surface area (Å²) in [6.07, 6.45) is 3.85. The fraction of sp³-hybridized carbons (Fsp3) is 0.389. The second kappa shape index (κ2) is 6.40. The number of fused-ring (bicyclic) bond motifs is 1. The fourth-order valence-electron chi connectivity index (χ4n) is 3.46. The monoisotopic (exact) mass is 346 g/mol. The molecule has 4 rings (SSSR count). The smallest absolute Gasteiger partial charge is 0.181 e. The Morgan fingerprint density at radius 3 is 3.12 bits per heavy atom. The third kappa shape index (κ3) is 2.95. The van der Waals surface area contributed by atoms with Gasteiger partial charge in [-0.1, -0.05) is 0 Å². The van der Waals surface area contributed by atoms with Gasteiger partial charge in [0.05, 0.1) is 5.69 Å². The average molecular weight is 346 g/mol. The molecule has 1 aliphatic heterocycles. The first-order valence-electron chi connectivity index (χ1n) is 8.60. The maximum Gasteiger partial charge on any atom is 0.181 e. The molecule has 1 fully saturated rings. The molecule has 2 atom stereocenters. The molecule has 0 aliphatic carbocycles. The van der Waals surface area contributed by atoms with Gasteiger partial charge in [-0.25, -0.2) is 14.4 Å². The molecule has 0 amide bonds. The SMILES string of the molecule is CC(N)[C@H]1CCCN(c2ccc(F)c(-c3[nH]nc4ncccc34)n2)C1.[HH].[HH].[HH]. The largest absolute Gasteiger partial charge is 0.356 e. The number of anilines is 1. The summed E-state index contributed by atoms with van der Waals surface area (Å²) >= 11 is 0. The molecule has 3 aromatic heterocycles. The maximum atomic E-state index is 14.5. The third-order valence-corrected chi connectivity index (χ3v) is 4.92. The number of nitrogens with zero attached hydrogens (tertiary/aromatic N) is 4. The minimum absolute atomic E-state index is 0. The first kappa shape index (κ1) is 16.0. The summed E-state index contributed by atoms with van der Waals surface area (Å²) in [5.41, 5.74) is 7.46. The van der Waals surface area contributed by atoms with Crippen LogP contribution in [0.25, 0.3) is 22.4 Å². The van der Waals surface area contributed by atoms with Crippen molar-refractivity contribution >= 4 is 16.9 Å². The first-order chi connectivity index (χ1) is 12.1. The van der Waals surface area contributed by atoms with E-state index >= 15 is 0 Å². The number of nitrogens with one attached hydrogen (secondary N) is 1. The number of piperidine rings is 1. The van der Waals surface area contributed by atoms with Crippen LogP contribution in [-0.4, -0.2) is 39.3 Å². The van der Waals surface area contributed by atoms with Crippen LogP contribution in [0.1, 0.15) is 24.0 Å². The molecule has 1 saturated heterocycles. The summed E-state index contributed by atoms with van der Waals surface area (Å²) in [7, 11) is 0. The predicted octanol–water partition coefficient (Wildman–Crippen LogP) is 3.46. The Kier molecular flexibility index (Phi) is 4.09. The number of halogens is 1. The predicted molar refractivity (Wildman–Crippen MR) is 102 cm³/mol. The Hall–Kier alpha value is -2.54. The van der Waals surface area contributed by atoms with Crippen molar-refractivity contribution in [1.29, 1.82) is 0 Å². The number of aromatic nitrogens is 4. The number of H-pyrrole nitrogens is 1. The molecule has 0 aromatic carbocycles. The highest BCUT2D eigenvalue weighted by Crippen LogP contribution is 2.29. The second-order valence-corrected chi connectivity index (χ2v) is 6.68. The number of hydrogen-bond donors (Lipinski definition) is 2. The van der Waals surface area contributed by atoms with E-state index < -0.39 is 0 Å². The van der Waals surface area contributed by atoms with E-state index in [-0.39, 0.29) is 21.8 Å². The van der Waals surface area contributed by atoms with Gasteiger partial charge in [0.15, 0.2) is 11.5 Å². The van der Waals surface area contributed by atoms with Gasteiger partial charge in [0.25, 0.3) is 0 Å². The Labute approximate surface area is 149 Å². The number of rotatable bonds is 3. The minimum atomic E-state index is -0.376. The van der Waals surface area contributed by atoms with Crippen molar-refractivity contribution in [2.45, 2.75) is 25.8 Å². The summed E-state index contributed by atoms with van der Waals surface area (Å²) < 4.78 is 14.5. The van der Waals surface area contributed by atoms with Crippen LogP contribution in [-0.2, 0) is 0 Å². The van der Waals surface area contributed by atoms with Gasteiger partial charge in [0.1, 0.15) is 11.5 Å². The standard InChI is InChI=1S/C18H21FN6.3H2/c1-11(20)12-4-3-9-25(10-12)15-7-6-14(19)17(22-15)16-13-5-2-8-21-18(13)24-23-16;;;/h2,5-8,11-12H,3-4,9-10,20H2,1H3,(H,21,23,24);3*1H/t11?,12-;;;/m0.../s1. The molecule has 7 heteroatoms. The van der Waals surface area contributed by atoms with Crippen molar-refractivity contribution in [3.05, 3.63) is 36.3 Å². The van der Waals surface area contributed by atoms with E-state index in [1.54, 1.807) is 18.3 Å². The molecule has 0 spiro atoms. The summed E-state index contributed by atoms with van der Waals surface area (Å²) in [6, 6.07) is 7.02. The van der Waals surface area contributed by atoms with Gasteiger partial charge in [-0.3, -0.25) is 5.10 Å². The zero-order valence-electron chi connectivity index (χ0n) is 14.1. The number of pyridine rings is 2. The molecule has 4 heterocycles. The highest BCUT2D eigenvalue weighted by atomic mass is 19.1. The van der Waals surface area contributed by atoms with Gasteiger partial charge in [-0.05, 0) is 49.9 Å². The van der Waals surface area contributed by atoms with Crippen molar-refractivity contribution in [2.24, 2.45) is 11.7 Å². The lowest BCUT2D eigenvalue weighted by molar-refractivity contribution is 0.363. The molecule has 3 N–H and O–H groups in total. The minimum Gasteiger partial charge on any atom is -0.356 e. The summed E-state index contributed by atoms with van der Waals surface area (Å²) in [5, 5.41) is 7.78. The van der Waals surface area contributed by atoms with Gasteiger partial charge in [-0.2, -0.15) is 5.10 Å². The van der Waals surface area contributed by atoms with E-state index in [0.717, 1.165) is 37.1 Å². The van der Waals surface area contributed by atoms with E-state index in [0.29, 0.717) is 17.3 Å². The van der Waals surface area contributed by atoms with Crippen LogP contribution in [0, 0.1) is 11.7 Å². The molecule has 3 aromatic rings. The molecular formula is C18H27FN6. The lowest BCUT2D eigenvalue weighted by Gasteiger charge is -2.35. The van der Waals surface area contributed by atoms with Crippen LogP contribution in [0.2, 0.25) is 0 Å². The summed E-state index contributed by atoms with van der Waals surface area (Å²) in [5.74, 6) is 0.827. The van der Waals surface area contributed by atoms with E-state index in [1.807, 2.05) is 13.0 Å². The van der Waals surface area contributed by atoms with Crippen LogP contribution in [0.4, 0.5) is 10.2 Å². The van der Waals surface area contributed by atoms with Crippen LogP contribution < -0.4 is 10.6 Å². The Morgan fingerprint density at radius 2 is 2.28 bits per heavy atom. The molecular weight excluding hydrogens is 319 g/mol. The van der Waals surface area contributed by atoms with Crippen LogP contribution in [0.5, 0.6) is 0 Å². The summed E-state index contributed by atoms with van der Waals surface area (Å²) in [4.78, 5) is 11.0. The lowest BCUT2D eigenvalue weighted by Crippen LogP contribution is -2.42. The number of nitrogens with two attached hydrogens (primary N) is 1. The summed E-state index contributed by atoms with van der Waals surface area (Å²) in [6.45, 7) is 3.80. The van der Waals surface area contributed by atoms with E-state index in [9.17, 15) is 4.39 Å². The Balaban J connectivity index is 0.00000131. The lowest BCUT2D eigenvalue weighted by atomic mass is 9.92. The van der Waals surface area contributed by atoms with Gasteiger partial charge in [0.2, 0.25) is 0 Å². The zero-order chi connectivity index (χ0) is 17.4. The topological polar surface area (TPSA) is 83.7 Å². The van der Waals surface area contributed by atoms with Crippen molar-refractivity contribution in [1.82, 2.24) is 20.2 Å². The third-order valence-electron chi connectivity index (χ3n) is 4.92. The maximum absolute atomic E-state index is 14.5.